The first kappa shape index (κ1) is 12.5. The predicted octanol–water partition coefficient (Wildman–Crippen LogP) is 1.68. The Morgan fingerprint density at radius 1 is 1.53 bits per heavy atom. The third kappa shape index (κ3) is 4.20. The Morgan fingerprint density at radius 3 is 2.87 bits per heavy atom. The smallest absolute Gasteiger partial charge is 0.237 e. The Labute approximate surface area is 93.0 Å². The maximum atomic E-state index is 11.8. The molecule has 15 heavy (non-hydrogen) atoms. The van der Waals surface area contributed by atoms with Gasteiger partial charge in [-0.05, 0) is 32.1 Å². The Bertz CT molecular complexity index is 206. The van der Waals surface area contributed by atoms with E-state index < -0.39 is 0 Å². The van der Waals surface area contributed by atoms with Gasteiger partial charge in [0.2, 0.25) is 5.91 Å². The highest BCUT2D eigenvalue weighted by Crippen LogP contribution is 2.12. The van der Waals surface area contributed by atoms with E-state index in [1.54, 1.807) is 0 Å². The first-order chi connectivity index (χ1) is 7.13. The largest absolute Gasteiger partial charge is 0.354 e. The van der Waals surface area contributed by atoms with Crippen LogP contribution in [0.4, 0.5) is 0 Å². The Balaban J connectivity index is 2.26. The van der Waals surface area contributed by atoms with E-state index in [-0.39, 0.29) is 11.9 Å². The molecular formula is C12H24N2O. The van der Waals surface area contributed by atoms with Gasteiger partial charge in [0.15, 0.2) is 0 Å². The topological polar surface area (TPSA) is 41.1 Å². The van der Waals surface area contributed by atoms with E-state index in [0.717, 1.165) is 25.8 Å². The molecule has 0 bridgehead atoms. The minimum absolute atomic E-state index is 0.0396. The van der Waals surface area contributed by atoms with Crippen molar-refractivity contribution in [3.63, 3.8) is 0 Å². The van der Waals surface area contributed by atoms with Crippen LogP contribution in [0.3, 0.4) is 0 Å². The zero-order valence-electron chi connectivity index (χ0n) is 10.2. The molecule has 0 aromatic rings. The van der Waals surface area contributed by atoms with Crippen LogP contribution in [0.1, 0.15) is 46.5 Å². The van der Waals surface area contributed by atoms with Crippen LogP contribution in [0.5, 0.6) is 0 Å². The molecule has 1 rings (SSSR count). The Morgan fingerprint density at radius 2 is 2.27 bits per heavy atom. The summed E-state index contributed by atoms with van der Waals surface area (Å²) >= 11 is 0. The molecule has 1 fully saturated rings. The lowest BCUT2D eigenvalue weighted by atomic mass is 9.99. The summed E-state index contributed by atoms with van der Waals surface area (Å²) in [4.78, 5) is 11.8. The van der Waals surface area contributed by atoms with Crippen molar-refractivity contribution in [2.45, 2.75) is 58.5 Å². The van der Waals surface area contributed by atoms with Crippen molar-refractivity contribution in [1.82, 2.24) is 10.6 Å². The molecule has 3 nitrogen and oxygen atoms in total. The summed E-state index contributed by atoms with van der Waals surface area (Å²) in [6.07, 6.45) is 4.45. The van der Waals surface area contributed by atoms with Crippen LogP contribution < -0.4 is 10.6 Å². The molecule has 2 N–H and O–H groups in total. The zero-order valence-corrected chi connectivity index (χ0v) is 10.2. The third-order valence-corrected chi connectivity index (χ3v) is 3.25. The fourth-order valence-corrected chi connectivity index (χ4v) is 1.89. The van der Waals surface area contributed by atoms with Gasteiger partial charge in [0, 0.05) is 12.6 Å². The van der Waals surface area contributed by atoms with Crippen LogP contribution in [0.2, 0.25) is 0 Å². The highest BCUT2D eigenvalue weighted by atomic mass is 16.2. The van der Waals surface area contributed by atoms with Crippen LogP contribution in [0, 0.1) is 5.92 Å². The van der Waals surface area contributed by atoms with E-state index in [2.05, 4.69) is 31.4 Å². The second kappa shape index (κ2) is 6.11. The maximum absolute atomic E-state index is 11.8. The summed E-state index contributed by atoms with van der Waals surface area (Å²) in [5.41, 5.74) is 0. The molecule has 1 amide bonds. The number of nitrogens with one attached hydrogen (secondary N) is 2. The molecule has 0 radical (unpaired) electrons. The molecular weight excluding hydrogens is 188 g/mol. The van der Waals surface area contributed by atoms with Gasteiger partial charge in [-0.3, -0.25) is 4.79 Å². The molecule has 1 saturated heterocycles. The van der Waals surface area contributed by atoms with Gasteiger partial charge in [-0.15, -0.1) is 0 Å². The highest BCUT2D eigenvalue weighted by Gasteiger charge is 2.23. The summed E-state index contributed by atoms with van der Waals surface area (Å²) in [5.74, 6) is 0.761. The predicted molar refractivity (Wildman–Crippen MR) is 62.7 cm³/mol. The second-order valence-corrected chi connectivity index (χ2v) is 4.81. The average molecular weight is 212 g/mol. The Kier molecular flexibility index (Phi) is 5.09. The molecule has 3 unspecified atom stereocenters. The molecule has 88 valence electrons. The molecule has 1 aliphatic rings. The first-order valence-corrected chi connectivity index (χ1v) is 6.17. The van der Waals surface area contributed by atoms with Crippen molar-refractivity contribution in [3.05, 3.63) is 0 Å². The molecule has 3 atom stereocenters. The normalized spacial score (nSPS) is 28.5. The van der Waals surface area contributed by atoms with Crippen LogP contribution in [-0.2, 0) is 4.79 Å². The molecule has 1 aliphatic heterocycles. The molecule has 0 aliphatic carbocycles. The number of carbonyl (C=O) groups is 1. The Hall–Kier alpha value is -0.570. The lowest BCUT2D eigenvalue weighted by Crippen LogP contribution is -2.50. The fourth-order valence-electron chi connectivity index (χ4n) is 1.89. The van der Waals surface area contributed by atoms with Crippen molar-refractivity contribution < 1.29 is 4.79 Å². The van der Waals surface area contributed by atoms with Crippen LogP contribution in [0.25, 0.3) is 0 Å². The van der Waals surface area contributed by atoms with Gasteiger partial charge in [0.25, 0.3) is 0 Å². The number of rotatable bonds is 4. The van der Waals surface area contributed by atoms with Crippen molar-refractivity contribution in [1.29, 1.82) is 0 Å². The van der Waals surface area contributed by atoms with E-state index >= 15 is 0 Å². The molecule has 1 heterocycles. The standard InChI is InChI=1S/C12H24N2O/c1-4-9(2)8-13-12(15)11-7-5-6-10(3)14-11/h9-11,14H,4-8H2,1-3H3,(H,13,15). The summed E-state index contributed by atoms with van der Waals surface area (Å²) in [5, 5.41) is 6.37. The third-order valence-electron chi connectivity index (χ3n) is 3.25. The van der Waals surface area contributed by atoms with E-state index in [0.29, 0.717) is 12.0 Å². The van der Waals surface area contributed by atoms with Crippen molar-refractivity contribution in [2.75, 3.05) is 6.54 Å². The quantitative estimate of drug-likeness (QED) is 0.744. The number of hydrogen-bond acceptors (Lipinski definition) is 2. The molecule has 0 saturated carbocycles. The van der Waals surface area contributed by atoms with Crippen molar-refractivity contribution >= 4 is 5.91 Å². The number of carbonyl (C=O) groups excluding carboxylic acids is 1. The van der Waals surface area contributed by atoms with Crippen LogP contribution in [-0.4, -0.2) is 24.5 Å². The van der Waals surface area contributed by atoms with E-state index in [1.165, 1.54) is 6.42 Å². The van der Waals surface area contributed by atoms with Gasteiger partial charge in [-0.2, -0.15) is 0 Å². The fraction of sp³-hybridized carbons (Fsp3) is 0.917. The number of hydrogen-bond donors (Lipinski definition) is 2. The van der Waals surface area contributed by atoms with Crippen LogP contribution in [0.15, 0.2) is 0 Å². The van der Waals surface area contributed by atoms with Gasteiger partial charge in [-0.1, -0.05) is 20.3 Å². The minimum Gasteiger partial charge on any atom is -0.354 e. The van der Waals surface area contributed by atoms with Gasteiger partial charge in [0.1, 0.15) is 0 Å². The van der Waals surface area contributed by atoms with Gasteiger partial charge >= 0.3 is 0 Å². The van der Waals surface area contributed by atoms with Gasteiger partial charge in [0.05, 0.1) is 6.04 Å². The first-order valence-electron chi connectivity index (χ1n) is 6.17. The maximum Gasteiger partial charge on any atom is 0.237 e. The summed E-state index contributed by atoms with van der Waals surface area (Å²) < 4.78 is 0. The zero-order chi connectivity index (χ0) is 11.3. The summed E-state index contributed by atoms with van der Waals surface area (Å²) in [6, 6.07) is 0.524. The minimum atomic E-state index is 0.0396. The van der Waals surface area contributed by atoms with Crippen LogP contribution >= 0.6 is 0 Å². The average Bonchev–Trinajstić information content (AvgIpc) is 2.25. The van der Waals surface area contributed by atoms with Gasteiger partial charge in [-0.25, -0.2) is 0 Å². The monoisotopic (exact) mass is 212 g/mol. The van der Waals surface area contributed by atoms with E-state index in [1.807, 2.05) is 0 Å². The van der Waals surface area contributed by atoms with Crippen molar-refractivity contribution in [3.8, 4) is 0 Å². The lowest BCUT2D eigenvalue weighted by molar-refractivity contribution is -0.124. The lowest BCUT2D eigenvalue weighted by Gasteiger charge is -2.28. The molecule has 0 spiro atoms. The highest BCUT2D eigenvalue weighted by molar-refractivity contribution is 5.81. The second-order valence-electron chi connectivity index (χ2n) is 4.81. The molecule has 3 heteroatoms. The number of piperidine rings is 1. The summed E-state index contributed by atoms with van der Waals surface area (Å²) in [6.45, 7) is 7.27. The summed E-state index contributed by atoms with van der Waals surface area (Å²) in [7, 11) is 0. The molecule has 0 aromatic carbocycles. The SMILES string of the molecule is CCC(C)CNC(=O)C1CCCC(C)N1. The van der Waals surface area contributed by atoms with Gasteiger partial charge < -0.3 is 10.6 Å². The van der Waals surface area contributed by atoms with E-state index in [4.69, 9.17) is 0 Å². The number of amides is 1. The van der Waals surface area contributed by atoms with Crippen molar-refractivity contribution in [2.24, 2.45) is 5.92 Å². The molecule has 0 aromatic heterocycles. The van der Waals surface area contributed by atoms with E-state index in [9.17, 15) is 4.79 Å².